The highest BCUT2D eigenvalue weighted by Crippen LogP contribution is 2.34. The Balaban J connectivity index is 2.60. The standard InChI is InChI=1S/C15H20BrNO/c1-8(2)15(17-5)13-7-11-10(4)14(16)9(3)6-12(11)18-13/h6-8,15,17H,1-5H3. The summed E-state index contributed by atoms with van der Waals surface area (Å²) in [5, 5.41) is 4.52. The van der Waals surface area contributed by atoms with Gasteiger partial charge in [-0.3, -0.25) is 0 Å². The van der Waals surface area contributed by atoms with Crippen molar-refractivity contribution in [1.29, 1.82) is 0 Å². The molecule has 0 radical (unpaired) electrons. The molecule has 1 aromatic heterocycles. The van der Waals surface area contributed by atoms with E-state index in [1.54, 1.807) is 0 Å². The van der Waals surface area contributed by atoms with Crippen LogP contribution in [0.2, 0.25) is 0 Å². The van der Waals surface area contributed by atoms with Crippen molar-refractivity contribution < 1.29 is 4.42 Å². The summed E-state index contributed by atoms with van der Waals surface area (Å²) in [6, 6.07) is 4.52. The van der Waals surface area contributed by atoms with Crippen molar-refractivity contribution in [3.63, 3.8) is 0 Å². The molecule has 0 amide bonds. The lowest BCUT2D eigenvalue weighted by Crippen LogP contribution is -2.20. The quantitative estimate of drug-likeness (QED) is 0.886. The summed E-state index contributed by atoms with van der Waals surface area (Å²) in [4.78, 5) is 0. The van der Waals surface area contributed by atoms with E-state index in [1.165, 1.54) is 21.0 Å². The van der Waals surface area contributed by atoms with Gasteiger partial charge in [0.05, 0.1) is 6.04 Å². The predicted molar refractivity (Wildman–Crippen MR) is 80.0 cm³/mol. The zero-order valence-corrected chi connectivity index (χ0v) is 13.2. The Morgan fingerprint density at radius 3 is 2.44 bits per heavy atom. The van der Waals surface area contributed by atoms with E-state index >= 15 is 0 Å². The summed E-state index contributed by atoms with van der Waals surface area (Å²) in [5.41, 5.74) is 3.44. The molecule has 0 fully saturated rings. The molecule has 1 heterocycles. The number of nitrogens with one attached hydrogen (secondary N) is 1. The number of rotatable bonds is 3. The van der Waals surface area contributed by atoms with Gasteiger partial charge in [0.2, 0.25) is 0 Å². The Bertz CT molecular complexity index is 571. The molecule has 0 bridgehead atoms. The Morgan fingerprint density at radius 2 is 1.89 bits per heavy atom. The van der Waals surface area contributed by atoms with E-state index in [2.05, 4.69) is 61.1 Å². The number of aryl methyl sites for hydroxylation is 2. The van der Waals surface area contributed by atoms with Crippen LogP contribution in [-0.4, -0.2) is 7.05 Å². The zero-order valence-electron chi connectivity index (χ0n) is 11.6. The molecule has 2 rings (SSSR count). The van der Waals surface area contributed by atoms with Gasteiger partial charge in [-0.05, 0) is 50.1 Å². The summed E-state index contributed by atoms with van der Waals surface area (Å²) >= 11 is 3.64. The molecule has 1 aromatic carbocycles. The van der Waals surface area contributed by atoms with Gasteiger partial charge in [0.15, 0.2) is 0 Å². The first kappa shape index (κ1) is 13.6. The summed E-state index contributed by atoms with van der Waals surface area (Å²) in [5.74, 6) is 1.52. The molecule has 18 heavy (non-hydrogen) atoms. The van der Waals surface area contributed by atoms with Crippen LogP contribution in [0.15, 0.2) is 21.0 Å². The van der Waals surface area contributed by atoms with E-state index < -0.39 is 0 Å². The van der Waals surface area contributed by atoms with Crippen LogP contribution in [-0.2, 0) is 0 Å². The third-order valence-corrected chi connectivity index (χ3v) is 4.71. The SMILES string of the molecule is CNC(c1cc2c(C)c(Br)c(C)cc2o1)C(C)C. The van der Waals surface area contributed by atoms with Crippen LogP contribution in [0.3, 0.4) is 0 Å². The van der Waals surface area contributed by atoms with Gasteiger partial charge >= 0.3 is 0 Å². The number of hydrogen-bond acceptors (Lipinski definition) is 2. The summed E-state index contributed by atoms with van der Waals surface area (Å²) in [6.07, 6.45) is 0. The third kappa shape index (κ3) is 2.21. The maximum Gasteiger partial charge on any atom is 0.134 e. The van der Waals surface area contributed by atoms with Crippen molar-refractivity contribution in [2.45, 2.75) is 33.7 Å². The molecule has 0 aliphatic heterocycles. The van der Waals surface area contributed by atoms with E-state index in [9.17, 15) is 0 Å². The third-order valence-electron chi connectivity index (χ3n) is 3.49. The number of benzene rings is 1. The molecule has 0 saturated heterocycles. The van der Waals surface area contributed by atoms with Crippen molar-refractivity contribution >= 4 is 26.9 Å². The predicted octanol–water partition coefficient (Wildman–Crippen LogP) is 4.73. The van der Waals surface area contributed by atoms with Gasteiger partial charge in [0.1, 0.15) is 11.3 Å². The molecule has 0 aliphatic carbocycles. The van der Waals surface area contributed by atoms with Gasteiger partial charge in [0.25, 0.3) is 0 Å². The second kappa shape index (κ2) is 5.06. The van der Waals surface area contributed by atoms with Gasteiger partial charge in [0, 0.05) is 9.86 Å². The normalized spacial score (nSPS) is 13.5. The average molecular weight is 310 g/mol. The molecule has 1 unspecified atom stereocenters. The lowest BCUT2D eigenvalue weighted by atomic mass is 10.0. The van der Waals surface area contributed by atoms with E-state index in [0.717, 1.165) is 11.3 Å². The highest BCUT2D eigenvalue weighted by molar-refractivity contribution is 9.10. The highest BCUT2D eigenvalue weighted by atomic mass is 79.9. The molecule has 0 saturated carbocycles. The van der Waals surface area contributed by atoms with Crippen LogP contribution in [0.1, 0.15) is 36.8 Å². The fourth-order valence-electron chi connectivity index (χ4n) is 2.46. The van der Waals surface area contributed by atoms with Gasteiger partial charge < -0.3 is 9.73 Å². The van der Waals surface area contributed by atoms with Crippen molar-refractivity contribution in [1.82, 2.24) is 5.32 Å². The first-order valence-electron chi connectivity index (χ1n) is 6.32. The van der Waals surface area contributed by atoms with Crippen molar-refractivity contribution in [3.8, 4) is 0 Å². The number of fused-ring (bicyclic) bond motifs is 1. The second-order valence-electron chi connectivity index (χ2n) is 5.20. The smallest absolute Gasteiger partial charge is 0.134 e. The van der Waals surface area contributed by atoms with Crippen LogP contribution in [0.5, 0.6) is 0 Å². The van der Waals surface area contributed by atoms with Gasteiger partial charge in [-0.1, -0.05) is 29.8 Å². The summed E-state index contributed by atoms with van der Waals surface area (Å²) in [6.45, 7) is 8.62. The molecule has 3 heteroatoms. The van der Waals surface area contributed by atoms with E-state index in [0.29, 0.717) is 5.92 Å². The minimum absolute atomic E-state index is 0.260. The lowest BCUT2D eigenvalue weighted by Gasteiger charge is -2.17. The van der Waals surface area contributed by atoms with E-state index in [-0.39, 0.29) is 6.04 Å². The number of furan rings is 1. The Morgan fingerprint density at radius 1 is 1.22 bits per heavy atom. The van der Waals surface area contributed by atoms with Crippen LogP contribution in [0.4, 0.5) is 0 Å². The molecule has 1 N–H and O–H groups in total. The summed E-state index contributed by atoms with van der Waals surface area (Å²) in [7, 11) is 1.98. The van der Waals surface area contributed by atoms with Gasteiger partial charge in [-0.2, -0.15) is 0 Å². The van der Waals surface area contributed by atoms with Crippen molar-refractivity contribution in [3.05, 3.63) is 33.5 Å². The van der Waals surface area contributed by atoms with Gasteiger partial charge in [-0.15, -0.1) is 0 Å². The van der Waals surface area contributed by atoms with Crippen LogP contribution in [0.25, 0.3) is 11.0 Å². The molecule has 2 aromatic rings. The Kier molecular flexibility index (Phi) is 3.83. The molecular formula is C15H20BrNO. The minimum atomic E-state index is 0.260. The van der Waals surface area contributed by atoms with Crippen LogP contribution < -0.4 is 5.32 Å². The van der Waals surface area contributed by atoms with Crippen LogP contribution >= 0.6 is 15.9 Å². The number of hydrogen-bond donors (Lipinski definition) is 1. The maximum atomic E-state index is 6.02. The van der Waals surface area contributed by atoms with E-state index in [1.807, 2.05) is 7.05 Å². The largest absolute Gasteiger partial charge is 0.459 e. The monoisotopic (exact) mass is 309 g/mol. The minimum Gasteiger partial charge on any atom is -0.459 e. The molecule has 0 spiro atoms. The number of halogens is 1. The topological polar surface area (TPSA) is 25.2 Å². The Hall–Kier alpha value is -0.800. The molecule has 1 atom stereocenters. The first-order chi connectivity index (χ1) is 8.45. The van der Waals surface area contributed by atoms with Crippen LogP contribution in [0, 0.1) is 19.8 Å². The first-order valence-corrected chi connectivity index (χ1v) is 7.11. The lowest BCUT2D eigenvalue weighted by molar-refractivity contribution is 0.371. The Labute approximate surface area is 117 Å². The van der Waals surface area contributed by atoms with E-state index in [4.69, 9.17) is 4.42 Å². The second-order valence-corrected chi connectivity index (χ2v) is 6.00. The molecule has 0 aliphatic rings. The average Bonchev–Trinajstić information content (AvgIpc) is 2.70. The maximum absolute atomic E-state index is 6.02. The van der Waals surface area contributed by atoms with Crippen molar-refractivity contribution in [2.75, 3.05) is 7.05 Å². The molecular weight excluding hydrogens is 290 g/mol. The zero-order chi connectivity index (χ0) is 13.4. The molecule has 2 nitrogen and oxygen atoms in total. The molecule has 98 valence electrons. The fraction of sp³-hybridized carbons (Fsp3) is 0.467. The fourth-order valence-corrected chi connectivity index (χ4v) is 2.78. The van der Waals surface area contributed by atoms with Gasteiger partial charge in [-0.25, -0.2) is 0 Å². The summed E-state index contributed by atoms with van der Waals surface area (Å²) < 4.78 is 7.19. The highest BCUT2D eigenvalue weighted by Gasteiger charge is 2.19. The van der Waals surface area contributed by atoms with Crippen molar-refractivity contribution in [2.24, 2.45) is 5.92 Å².